The monoisotopic (exact) mass is 307 g/mol. The minimum absolute atomic E-state index is 0.107. The Morgan fingerprint density at radius 1 is 1.52 bits per heavy atom. The zero-order valence-electron chi connectivity index (χ0n) is 12.6. The number of hydrogen-bond donors (Lipinski definition) is 3. The fourth-order valence-electron chi connectivity index (χ4n) is 1.89. The molecule has 0 radical (unpaired) electrons. The molecular weight excluding hydrogens is 286 g/mol. The van der Waals surface area contributed by atoms with Crippen molar-refractivity contribution in [1.82, 2.24) is 15.1 Å². The van der Waals surface area contributed by atoms with E-state index in [2.05, 4.69) is 15.7 Å². The Kier molecular flexibility index (Phi) is 4.85. The van der Waals surface area contributed by atoms with Crippen LogP contribution in [0.1, 0.15) is 34.3 Å². The van der Waals surface area contributed by atoms with E-state index in [0.29, 0.717) is 23.7 Å². The lowest BCUT2D eigenvalue weighted by Crippen LogP contribution is -2.23. The van der Waals surface area contributed by atoms with E-state index in [0.717, 1.165) is 22.7 Å². The molecule has 0 aromatic carbocycles. The number of nitrogens with two attached hydrogens (primary N) is 1. The van der Waals surface area contributed by atoms with Gasteiger partial charge in [-0.1, -0.05) is 6.92 Å². The minimum atomic E-state index is -0.107. The first-order valence-corrected chi connectivity index (χ1v) is 7.73. The molecular formula is C14H21N5OS. The molecule has 0 aliphatic heterocycles. The molecule has 114 valence electrons. The van der Waals surface area contributed by atoms with Crippen LogP contribution in [0.25, 0.3) is 0 Å². The summed E-state index contributed by atoms with van der Waals surface area (Å²) in [6, 6.07) is 1.80. The topological polar surface area (TPSA) is 85.0 Å². The number of nitrogen functional groups attached to an aromatic ring is 1. The zero-order valence-corrected chi connectivity index (χ0v) is 13.4. The number of thiophene rings is 1. The molecule has 0 spiro atoms. The molecule has 2 aromatic heterocycles. The molecule has 6 nitrogen and oxygen atoms in total. The van der Waals surface area contributed by atoms with Gasteiger partial charge in [0.2, 0.25) is 0 Å². The van der Waals surface area contributed by atoms with Crippen LogP contribution >= 0.6 is 11.3 Å². The van der Waals surface area contributed by atoms with Crippen molar-refractivity contribution in [3.63, 3.8) is 0 Å². The van der Waals surface area contributed by atoms with Crippen LogP contribution in [0.3, 0.4) is 0 Å². The lowest BCUT2D eigenvalue weighted by molar-refractivity contribution is 0.0958. The highest BCUT2D eigenvalue weighted by molar-refractivity contribution is 7.18. The minimum Gasteiger partial charge on any atom is -0.397 e. The number of nitrogens with zero attached hydrogens (tertiary/aromatic N) is 2. The lowest BCUT2D eigenvalue weighted by Gasteiger charge is -2.03. The standard InChI is InChI=1S/C14H21N5OS/c1-4-5-16-14(20)13-11(15)6-12(21-13)17-7-10-8-18-19(3)9(10)2/h6,8,17H,4-5,7,15H2,1-3H3,(H,16,20). The molecule has 2 aromatic rings. The highest BCUT2D eigenvalue weighted by Crippen LogP contribution is 2.29. The van der Waals surface area contributed by atoms with Crippen molar-refractivity contribution in [2.75, 3.05) is 17.6 Å². The number of rotatable bonds is 6. The second-order valence-electron chi connectivity index (χ2n) is 4.88. The first-order chi connectivity index (χ1) is 10.0. The van der Waals surface area contributed by atoms with Crippen molar-refractivity contribution < 1.29 is 4.79 Å². The van der Waals surface area contributed by atoms with Gasteiger partial charge in [-0.25, -0.2) is 0 Å². The fourth-order valence-corrected chi connectivity index (χ4v) is 2.78. The summed E-state index contributed by atoms with van der Waals surface area (Å²) in [5, 5.41) is 11.2. The van der Waals surface area contributed by atoms with E-state index in [1.807, 2.05) is 31.8 Å². The maximum atomic E-state index is 11.9. The number of nitrogens with one attached hydrogen (secondary N) is 2. The fraction of sp³-hybridized carbons (Fsp3) is 0.429. The number of anilines is 2. The highest BCUT2D eigenvalue weighted by atomic mass is 32.1. The molecule has 0 bridgehead atoms. The second kappa shape index (κ2) is 6.62. The van der Waals surface area contributed by atoms with Crippen molar-refractivity contribution in [3.8, 4) is 0 Å². The van der Waals surface area contributed by atoms with Gasteiger partial charge in [0.05, 0.1) is 16.9 Å². The van der Waals surface area contributed by atoms with Crippen LogP contribution in [0.15, 0.2) is 12.3 Å². The molecule has 0 saturated heterocycles. The third-order valence-corrected chi connectivity index (χ3v) is 4.40. The summed E-state index contributed by atoms with van der Waals surface area (Å²) in [7, 11) is 1.91. The summed E-state index contributed by atoms with van der Waals surface area (Å²) in [5.41, 5.74) is 8.67. The number of aryl methyl sites for hydroxylation is 1. The van der Waals surface area contributed by atoms with E-state index in [1.54, 1.807) is 6.07 Å². The average Bonchev–Trinajstić information content (AvgIpc) is 2.98. The van der Waals surface area contributed by atoms with Crippen molar-refractivity contribution in [1.29, 1.82) is 0 Å². The van der Waals surface area contributed by atoms with Gasteiger partial charge in [0.15, 0.2) is 0 Å². The number of carbonyl (C=O) groups excluding carboxylic acids is 1. The van der Waals surface area contributed by atoms with E-state index in [4.69, 9.17) is 5.73 Å². The first kappa shape index (κ1) is 15.4. The summed E-state index contributed by atoms with van der Waals surface area (Å²) in [4.78, 5) is 12.5. The van der Waals surface area contributed by atoms with Crippen molar-refractivity contribution in [2.45, 2.75) is 26.8 Å². The van der Waals surface area contributed by atoms with Crippen molar-refractivity contribution in [3.05, 3.63) is 28.4 Å². The predicted molar refractivity (Wildman–Crippen MR) is 86.6 cm³/mol. The molecule has 4 N–H and O–H groups in total. The molecule has 2 rings (SSSR count). The average molecular weight is 307 g/mol. The van der Waals surface area contributed by atoms with Crippen LogP contribution in [0, 0.1) is 6.92 Å². The summed E-state index contributed by atoms with van der Waals surface area (Å²) in [6.07, 6.45) is 2.75. The lowest BCUT2D eigenvalue weighted by atomic mass is 10.2. The van der Waals surface area contributed by atoms with Gasteiger partial charge in [-0.2, -0.15) is 5.10 Å². The van der Waals surface area contributed by atoms with Crippen LogP contribution in [0.5, 0.6) is 0 Å². The smallest absolute Gasteiger partial charge is 0.263 e. The molecule has 1 amide bonds. The molecule has 0 saturated carbocycles. The predicted octanol–water partition coefficient (Wildman–Crippen LogP) is 2.12. The Balaban J connectivity index is 2.02. The quantitative estimate of drug-likeness (QED) is 0.763. The molecule has 0 aliphatic rings. The first-order valence-electron chi connectivity index (χ1n) is 6.91. The molecule has 0 unspecified atom stereocenters. The van der Waals surface area contributed by atoms with Crippen LogP contribution in [-0.4, -0.2) is 22.2 Å². The van der Waals surface area contributed by atoms with E-state index < -0.39 is 0 Å². The molecule has 0 aliphatic carbocycles. The summed E-state index contributed by atoms with van der Waals surface area (Å²) in [5.74, 6) is -0.107. The number of carbonyl (C=O) groups is 1. The number of hydrogen-bond acceptors (Lipinski definition) is 5. The van der Waals surface area contributed by atoms with Gasteiger partial charge in [0.1, 0.15) is 4.88 Å². The van der Waals surface area contributed by atoms with Crippen LogP contribution < -0.4 is 16.4 Å². The summed E-state index contributed by atoms with van der Waals surface area (Å²) in [6.45, 7) is 5.36. The SMILES string of the molecule is CCCNC(=O)c1sc(NCc2cnn(C)c2C)cc1N. The summed E-state index contributed by atoms with van der Waals surface area (Å²) >= 11 is 1.37. The third kappa shape index (κ3) is 3.55. The van der Waals surface area contributed by atoms with E-state index >= 15 is 0 Å². The molecule has 0 atom stereocenters. The van der Waals surface area contributed by atoms with Gasteiger partial charge in [0.25, 0.3) is 5.91 Å². The van der Waals surface area contributed by atoms with E-state index in [9.17, 15) is 4.79 Å². The Morgan fingerprint density at radius 2 is 2.29 bits per heavy atom. The van der Waals surface area contributed by atoms with Gasteiger partial charge in [-0.15, -0.1) is 11.3 Å². The zero-order chi connectivity index (χ0) is 15.4. The highest BCUT2D eigenvalue weighted by Gasteiger charge is 2.14. The molecule has 21 heavy (non-hydrogen) atoms. The maximum absolute atomic E-state index is 11.9. The van der Waals surface area contributed by atoms with Gasteiger partial charge in [-0.3, -0.25) is 9.48 Å². The largest absolute Gasteiger partial charge is 0.397 e. The van der Waals surface area contributed by atoms with Crippen molar-refractivity contribution >= 4 is 27.9 Å². The second-order valence-corrected chi connectivity index (χ2v) is 5.94. The van der Waals surface area contributed by atoms with Gasteiger partial charge in [-0.05, 0) is 19.4 Å². The van der Waals surface area contributed by atoms with E-state index in [1.165, 1.54) is 11.3 Å². The van der Waals surface area contributed by atoms with Gasteiger partial charge in [0, 0.05) is 31.4 Å². The Morgan fingerprint density at radius 3 is 2.90 bits per heavy atom. The Hall–Kier alpha value is -2.02. The molecule has 0 fully saturated rings. The van der Waals surface area contributed by atoms with Crippen LogP contribution in [0.4, 0.5) is 10.7 Å². The molecule has 2 heterocycles. The Labute approximate surface area is 128 Å². The van der Waals surface area contributed by atoms with E-state index in [-0.39, 0.29) is 5.91 Å². The summed E-state index contributed by atoms with van der Waals surface area (Å²) < 4.78 is 1.84. The number of amides is 1. The molecule has 7 heteroatoms. The van der Waals surface area contributed by atoms with Crippen LogP contribution in [-0.2, 0) is 13.6 Å². The number of aromatic nitrogens is 2. The maximum Gasteiger partial charge on any atom is 0.263 e. The third-order valence-electron chi connectivity index (χ3n) is 3.29. The normalized spacial score (nSPS) is 10.6. The van der Waals surface area contributed by atoms with Crippen molar-refractivity contribution in [2.24, 2.45) is 7.05 Å². The Bertz CT molecular complexity index is 631. The van der Waals surface area contributed by atoms with Gasteiger partial charge < -0.3 is 16.4 Å². The van der Waals surface area contributed by atoms with Gasteiger partial charge >= 0.3 is 0 Å². The van der Waals surface area contributed by atoms with Crippen LogP contribution in [0.2, 0.25) is 0 Å².